The van der Waals surface area contributed by atoms with Gasteiger partial charge >= 0.3 is 6.01 Å². The van der Waals surface area contributed by atoms with Crippen LogP contribution in [0.2, 0.25) is 0 Å². The lowest BCUT2D eigenvalue weighted by Gasteiger charge is -1.98. The Morgan fingerprint density at radius 3 is 2.50 bits per heavy atom. The molecule has 0 bridgehead atoms. The summed E-state index contributed by atoms with van der Waals surface area (Å²) in [5, 5.41) is 6.88. The second-order valence-electron chi connectivity index (χ2n) is 3.59. The van der Waals surface area contributed by atoms with Crippen molar-refractivity contribution in [3.8, 4) is 11.4 Å². The van der Waals surface area contributed by atoms with Gasteiger partial charge in [-0.25, -0.2) is 0 Å². The maximum Gasteiger partial charge on any atom is 0.321 e. The standard InChI is InChI=1S/C11H14N4O/c1-4-12-11-14-10(15-16-11)9-5-7(2)13-8(3)6-9/h5-6H,4H2,1-3H3,(H,12,14,15). The maximum absolute atomic E-state index is 5.05. The molecule has 0 aromatic carbocycles. The molecule has 0 radical (unpaired) electrons. The highest BCUT2D eigenvalue weighted by molar-refractivity contribution is 5.56. The molecule has 16 heavy (non-hydrogen) atoms. The molecule has 2 aromatic rings. The van der Waals surface area contributed by atoms with Gasteiger partial charge in [-0.15, -0.1) is 0 Å². The molecule has 0 spiro atoms. The molecule has 2 aromatic heterocycles. The topological polar surface area (TPSA) is 63.8 Å². The van der Waals surface area contributed by atoms with Crippen LogP contribution in [0.15, 0.2) is 16.7 Å². The number of nitrogens with zero attached hydrogens (tertiary/aromatic N) is 3. The summed E-state index contributed by atoms with van der Waals surface area (Å²) in [5.74, 6) is 0.588. The van der Waals surface area contributed by atoms with Gasteiger partial charge in [-0.3, -0.25) is 4.98 Å². The molecule has 2 rings (SSSR count). The van der Waals surface area contributed by atoms with E-state index in [1.165, 1.54) is 0 Å². The molecular weight excluding hydrogens is 204 g/mol. The number of rotatable bonds is 3. The van der Waals surface area contributed by atoms with Gasteiger partial charge in [-0.05, 0) is 32.9 Å². The molecule has 1 N–H and O–H groups in total. The van der Waals surface area contributed by atoms with Crippen LogP contribution in [0.25, 0.3) is 11.4 Å². The summed E-state index contributed by atoms with van der Waals surface area (Å²) in [4.78, 5) is 8.54. The van der Waals surface area contributed by atoms with Crippen LogP contribution < -0.4 is 5.32 Å². The van der Waals surface area contributed by atoms with Crippen LogP contribution in [0.1, 0.15) is 18.3 Å². The molecule has 5 nitrogen and oxygen atoms in total. The van der Waals surface area contributed by atoms with Crippen LogP contribution in [-0.4, -0.2) is 21.7 Å². The van der Waals surface area contributed by atoms with Crippen molar-refractivity contribution in [3.63, 3.8) is 0 Å². The summed E-state index contributed by atoms with van der Waals surface area (Å²) < 4.78 is 5.05. The lowest BCUT2D eigenvalue weighted by atomic mass is 10.2. The molecule has 0 fully saturated rings. The summed E-state index contributed by atoms with van der Waals surface area (Å²) in [6.07, 6.45) is 0. The SMILES string of the molecule is CCNc1nc(-c2cc(C)nc(C)c2)no1. The number of pyridine rings is 1. The Balaban J connectivity index is 2.34. The third kappa shape index (κ3) is 2.18. The van der Waals surface area contributed by atoms with Crippen molar-refractivity contribution >= 4 is 6.01 Å². The van der Waals surface area contributed by atoms with Crippen LogP contribution in [0.3, 0.4) is 0 Å². The predicted octanol–water partition coefficient (Wildman–Crippen LogP) is 2.18. The van der Waals surface area contributed by atoms with Crippen LogP contribution in [0.5, 0.6) is 0 Å². The molecule has 0 unspecified atom stereocenters. The van der Waals surface area contributed by atoms with Gasteiger partial charge in [0.1, 0.15) is 0 Å². The summed E-state index contributed by atoms with van der Waals surface area (Å²) in [7, 11) is 0. The maximum atomic E-state index is 5.05. The van der Waals surface area contributed by atoms with Crippen LogP contribution in [0, 0.1) is 13.8 Å². The van der Waals surface area contributed by atoms with E-state index in [4.69, 9.17) is 4.52 Å². The van der Waals surface area contributed by atoms with E-state index in [0.29, 0.717) is 11.8 Å². The molecule has 0 aliphatic rings. The average molecular weight is 218 g/mol. The van der Waals surface area contributed by atoms with Gasteiger partial charge in [0, 0.05) is 23.5 Å². The molecule has 2 heterocycles. The van der Waals surface area contributed by atoms with Crippen molar-refractivity contribution in [3.05, 3.63) is 23.5 Å². The monoisotopic (exact) mass is 218 g/mol. The summed E-state index contributed by atoms with van der Waals surface area (Å²) >= 11 is 0. The number of hydrogen-bond donors (Lipinski definition) is 1. The molecule has 0 saturated heterocycles. The Bertz CT molecular complexity index is 472. The third-order valence-electron chi connectivity index (χ3n) is 2.09. The Kier molecular flexibility index (Phi) is 2.85. The van der Waals surface area contributed by atoms with E-state index >= 15 is 0 Å². The summed E-state index contributed by atoms with van der Waals surface area (Å²) in [6.45, 7) is 6.63. The highest BCUT2D eigenvalue weighted by Crippen LogP contribution is 2.18. The Hall–Kier alpha value is -1.91. The van der Waals surface area contributed by atoms with Gasteiger partial charge in [0.15, 0.2) is 0 Å². The number of nitrogens with one attached hydrogen (secondary N) is 1. The van der Waals surface area contributed by atoms with Crippen LogP contribution in [-0.2, 0) is 0 Å². The van der Waals surface area contributed by atoms with E-state index in [1.54, 1.807) is 0 Å². The second kappa shape index (κ2) is 4.30. The highest BCUT2D eigenvalue weighted by Gasteiger charge is 2.08. The van der Waals surface area contributed by atoms with E-state index in [2.05, 4.69) is 20.4 Å². The van der Waals surface area contributed by atoms with Gasteiger partial charge in [0.2, 0.25) is 5.82 Å². The minimum atomic E-state index is 0.449. The van der Waals surface area contributed by atoms with E-state index in [1.807, 2.05) is 32.9 Å². The number of aromatic nitrogens is 3. The minimum absolute atomic E-state index is 0.449. The number of anilines is 1. The normalized spacial score (nSPS) is 10.4. The molecular formula is C11H14N4O. The largest absolute Gasteiger partial charge is 0.338 e. The zero-order valence-electron chi connectivity index (χ0n) is 9.61. The molecule has 0 amide bonds. The second-order valence-corrected chi connectivity index (χ2v) is 3.59. The van der Waals surface area contributed by atoms with Gasteiger partial charge < -0.3 is 9.84 Å². The van der Waals surface area contributed by atoms with Crippen molar-refractivity contribution in [2.24, 2.45) is 0 Å². The van der Waals surface area contributed by atoms with Crippen LogP contribution in [0.4, 0.5) is 6.01 Å². The molecule has 84 valence electrons. The van der Waals surface area contributed by atoms with Crippen molar-refractivity contribution in [1.29, 1.82) is 0 Å². The van der Waals surface area contributed by atoms with Crippen LogP contribution >= 0.6 is 0 Å². The van der Waals surface area contributed by atoms with Crippen molar-refractivity contribution in [1.82, 2.24) is 15.1 Å². The molecule has 0 aliphatic heterocycles. The third-order valence-corrected chi connectivity index (χ3v) is 2.09. The van der Waals surface area contributed by atoms with E-state index in [0.717, 1.165) is 23.5 Å². The Morgan fingerprint density at radius 1 is 1.19 bits per heavy atom. The minimum Gasteiger partial charge on any atom is -0.338 e. The first-order chi connectivity index (χ1) is 7.69. The van der Waals surface area contributed by atoms with Gasteiger partial charge in [0.05, 0.1) is 0 Å². The average Bonchev–Trinajstić information content (AvgIpc) is 2.65. The molecule has 0 saturated carbocycles. The molecule has 5 heteroatoms. The van der Waals surface area contributed by atoms with Crippen molar-refractivity contribution < 1.29 is 4.52 Å². The van der Waals surface area contributed by atoms with E-state index in [9.17, 15) is 0 Å². The van der Waals surface area contributed by atoms with Crippen molar-refractivity contribution in [2.45, 2.75) is 20.8 Å². The van der Waals surface area contributed by atoms with Gasteiger partial charge in [-0.1, -0.05) is 5.16 Å². The summed E-state index contributed by atoms with van der Waals surface area (Å²) in [6, 6.07) is 4.32. The van der Waals surface area contributed by atoms with Gasteiger partial charge in [-0.2, -0.15) is 4.98 Å². The fourth-order valence-corrected chi connectivity index (χ4v) is 1.53. The number of aryl methyl sites for hydroxylation is 2. The zero-order chi connectivity index (χ0) is 11.5. The first-order valence-electron chi connectivity index (χ1n) is 5.22. The lowest BCUT2D eigenvalue weighted by Crippen LogP contribution is -1.96. The smallest absolute Gasteiger partial charge is 0.321 e. The number of hydrogen-bond acceptors (Lipinski definition) is 5. The first-order valence-corrected chi connectivity index (χ1v) is 5.22. The zero-order valence-corrected chi connectivity index (χ0v) is 9.61. The van der Waals surface area contributed by atoms with Gasteiger partial charge in [0.25, 0.3) is 0 Å². The predicted molar refractivity (Wildman–Crippen MR) is 61.2 cm³/mol. The molecule has 0 atom stereocenters. The Labute approximate surface area is 93.9 Å². The van der Waals surface area contributed by atoms with E-state index in [-0.39, 0.29) is 0 Å². The fourth-order valence-electron chi connectivity index (χ4n) is 1.53. The molecule has 0 aliphatic carbocycles. The first kappa shape index (κ1) is 10.6. The Morgan fingerprint density at radius 2 is 1.88 bits per heavy atom. The lowest BCUT2D eigenvalue weighted by molar-refractivity contribution is 0.432. The quantitative estimate of drug-likeness (QED) is 0.855. The summed E-state index contributed by atoms with van der Waals surface area (Å²) in [5.41, 5.74) is 2.83. The van der Waals surface area contributed by atoms with E-state index < -0.39 is 0 Å². The van der Waals surface area contributed by atoms with Crippen molar-refractivity contribution in [2.75, 3.05) is 11.9 Å². The highest BCUT2D eigenvalue weighted by atomic mass is 16.5. The fraction of sp³-hybridized carbons (Fsp3) is 0.364.